The molecule has 0 bridgehead atoms. The lowest BCUT2D eigenvalue weighted by Gasteiger charge is -2.18. The van der Waals surface area contributed by atoms with Crippen LogP contribution in [0.3, 0.4) is 0 Å². The molecule has 2 aliphatic heterocycles. The molecule has 2 unspecified atom stereocenters. The van der Waals surface area contributed by atoms with Crippen molar-refractivity contribution in [2.75, 3.05) is 19.6 Å². The molecule has 2 atom stereocenters. The normalized spacial score (nSPS) is 23.8. The SMILES string of the molecule is O=C1NCC2CN(Cc3ccccc3)CC2c2c(F)cccc21. The smallest absolute Gasteiger partial charge is 0.251 e. The minimum atomic E-state index is -0.254. The second kappa shape index (κ2) is 5.78. The topological polar surface area (TPSA) is 32.3 Å². The summed E-state index contributed by atoms with van der Waals surface area (Å²) >= 11 is 0. The number of rotatable bonds is 2. The fourth-order valence-electron chi connectivity index (χ4n) is 3.90. The number of fused-ring (bicyclic) bond motifs is 3. The molecule has 23 heavy (non-hydrogen) atoms. The first-order valence-electron chi connectivity index (χ1n) is 8.05. The number of carbonyl (C=O) groups excluding carboxylic acids is 1. The molecule has 2 aliphatic rings. The van der Waals surface area contributed by atoms with Crippen molar-refractivity contribution in [2.24, 2.45) is 5.92 Å². The molecule has 1 saturated heterocycles. The number of nitrogens with one attached hydrogen (secondary N) is 1. The van der Waals surface area contributed by atoms with E-state index in [1.54, 1.807) is 12.1 Å². The number of hydrogen-bond donors (Lipinski definition) is 1. The molecular weight excluding hydrogens is 291 g/mol. The first-order valence-corrected chi connectivity index (χ1v) is 8.05. The Labute approximate surface area is 135 Å². The molecule has 4 heteroatoms. The monoisotopic (exact) mass is 310 g/mol. The molecule has 3 nitrogen and oxygen atoms in total. The van der Waals surface area contributed by atoms with E-state index in [0.717, 1.165) is 19.6 Å². The summed E-state index contributed by atoms with van der Waals surface area (Å²) in [5.41, 5.74) is 2.36. The highest BCUT2D eigenvalue weighted by Gasteiger charge is 2.39. The Morgan fingerprint density at radius 3 is 2.74 bits per heavy atom. The summed E-state index contributed by atoms with van der Waals surface area (Å²) in [6, 6.07) is 15.1. The van der Waals surface area contributed by atoms with Gasteiger partial charge in [-0.2, -0.15) is 0 Å². The average molecular weight is 310 g/mol. The molecule has 118 valence electrons. The third kappa shape index (κ3) is 2.63. The summed E-state index contributed by atoms with van der Waals surface area (Å²) in [6.45, 7) is 3.16. The summed E-state index contributed by atoms with van der Waals surface area (Å²) in [4.78, 5) is 14.5. The first-order chi connectivity index (χ1) is 11.2. The highest BCUT2D eigenvalue weighted by atomic mass is 19.1. The number of likely N-dealkylation sites (tertiary alicyclic amines) is 1. The van der Waals surface area contributed by atoms with E-state index in [9.17, 15) is 9.18 Å². The lowest BCUT2D eigenvalue weighted by molar-refractivity contribution is 0.0950. The second-order valence-corrected chi connectivity index (χ2v) is 6.46. The molecule has 0 spiro atoms. The van der Waals surface area contributed by atoms with Crippen molar-refractivity contribution in [3.63, 3.8) is 0 Å². The van der Waals surface area contributed by atoms with Crippen LogP contribution in [0.1, 0.15) is 27.4 Å². The summed E-state index contributed by atoms with van der Waals surface area (Å²) in [6.07, 6.45) is 0. The quantitative estimate of drug-likeness (QED) is 0.925. The minimum Gasteiger partial charge on any atom is -0.352 e. The van der Waals surface area contributed by atoms with E-state index in [0.29, 0.717) is 17.7 Å². The molecule has 2 aromatic carbocycles. The van der Waals surface area contributed by atoms with Crippen LogP contribution in [-0.2, 0) is 6.54 Å². The van der Waals surface area contributed by atoms with Gasteiger partial charge in [0, 0.05) is 43.2 Å². The van der Waals surface area contributed by atoms with E-state index >= 15 is 0 Å². The Kier molecular flexibility index (Phi) is 3.62. The maximum absolute atomic E-state index is 14.4. The van der Waals surface area contributed by atoms with Gasteiger partial charge in [-0.1, -0.05) is 36.4 Å². The van der Waals surface area contributed by atoms with Gasteiger partial charge in [-0.15, -0.1) is 0 Å². The van der Waals surface area contributed by atoms with Crippen molar-refractivity contribution in [1.29, 1.82) is 0 Å². The van der Waals surface area contributed by atoms with Crippen LogP contribution >= 0.6 is 0 Å². The molecule has 1 amide bonds. The molecular formula is C19H19FN2O. The van der Waals surface area contributed by atoms with Crippen LogP contribution in [0.2, 0.25) is 0 Å². The number of hydrogen-bond acceptors (Lipinski definition) is 2. The standard InChI is InChI=1S/C19H19FN2O/c20-17-8-4-7-15-18(17)16-12-22(10-13-5-2-1-3-6-13)11-14(16)9-21-19(15)23/h1-8,14,16H,9-12H2,(H,21,23). The summed E-state index contributed by atoms with van der Waals surface area (Å²) in [5, 5.41) is 2.95. The maximum Gasteiger partial charge on any atom is 0.251 e. The largest absolute Gasteiger partial charge is 0.352 e. The van der Waals surface area contributed by atoms with Gasteiger partial charge in [-0.05, 0) is 23.6 Å². The molecule has 1 fully saturated rings. The van der Waals surface area contributed by atoms with Crippen molar-refractivity contribution in [2.45, 2.75) is 12.5 Å². The number of amides is 1. The van der Waals surface area contributed by atoms with Crippen LogP contribution < -0.4 is 5.32 Å². The number of halogens is 1. The number of carbonyl (C=O) groups is 1. The molecule has 2 heterocycles. The van der Waals surface area contributed by atoms with Gasteiger partial charge in [0.1, 0.15) is 5.82 Å². The van der Waals surface area contributed by atoms with Crippen LogP contribution in [0.4, 0.5) is 4.39 Å². The van der Waals surface area contributed by atoms with Crippen LogP contribution in [0.25, 0.3) is 0 Å². The minimum absolute atomic E-state index is 0.0777. The van der Waals surface area contributed by atoms with E-state index in [2.05, 4.69) is 22.3 Å². The van der Waals surface area contributed by atoms with Gasteiger partial charge in [0.25, 0.3) is 5.91 Å². The predicted molar refractivity (Wildman–Crippen MR) is 86.7 cm³/mol. The van der Waals surface area contributed by atoms with Crippen LogP contribution in [0, 0.1) is 11.7 Å². The van der Waals surface area contributed by atoms with Crippen molar-refractivity contribution >= 4 is 5.91 Å². The number of nitrogens with zero attached hydrogens (tertiary/aromatic N) is 1. The van der Waals surface area contributed by atoms with Crippen molar-refractivity contribution in [3.05, 3.63) is 71.0 Å². The van der Waals surface area contributed by atoms with Crippen molar-refractivity contribution < 1.29 is 9.18 Å². The highest BCUT2D eigenvalue weighted by Crippen LogP contribution is 2.37. The molecule has 2 aromatic rings. The lowest BCUT2D eigenvalue weighted by Crippen LogP contribution is -2.29. The van der Waals surface area contributed by atoms with E-state index < -0.39 is 0 Å². The lowest BCUT2D eigenvalue weighted by atomic mass is 9.87. The zero-order valence-corrected chi connectivity index (χ0v) is 12.8. The van der Waals surface area contributed by atoms with Gasteiger partial charge in [0.05, 0.1) is 0 Å². The second-order valence-electron chi connectivity index (χ2n) is 6.46. The number of benzene rings is 2. The zero-order valence-electron chi connectivity index (χ0n) is 12.8. The van der Waals surface area contributed by atoms with E-state index in [1.807, 2.05) is 18.2 Å². The van der Waals surface area contributed by atoms with E-state index in [4.69, 9.17) is 0 Å². The fourth-order valence-corrected chi connectivity index (χ4v) is 3.90. The summed E-state index contributed by atoms with van der Waals surface area (Å²) < 4.78 is 14.4. The Hall–Kier alpha value is -2.20. The van der Waals surface area contributed by atoms with E-state index in [1.165, 1.54) is 11.6 Å². The van der Waals surface area contributed by atoms with Gasteiger partial charge in [-0.3, -0.25) is 9.69 Å². The maximum atomic E-state index is 14.4. The van der Waals surface area contributed by atoms with Crippen LogP contribution in [0.15, 0.2) is 48.5 Å². The fraction of sp³-hybridized carbons (Fsp3) is 0.316. The van der Waals surface area contributed by atoms with Gasteiger partial charge in [-0.25, -0.2) is 4.39 Å². The Balaban J connectivity index is 1.63. The summed E-state index contributed by atoms with van der Waals surface area (Å²) in [5.74, 6) is -0.0608. The van der Waals surface area contributed by atoms with Gasteiger partial charge in [0.2, 0.25) is 0 Å². The van der Waals surface area contributed by atoms with Crippen LogP contribution in [-0.4, -0.2) is 30.4 Å². The van der Waals surface area contributed by atoms with Gasteiger partial charge < -0.3 is 5.32 Å². The molecule has 0 aromatic heterocycles. The molecule has 0 saturated carbocycles. The van der Waals surface area contributed by atoms with Crippen LogP contribution in [0.5, 0.6) is 0 Å². The average Bonchev–Trinajstić information content (AvgIpc) is 2.90. The zero-order chi connectivity index (χ0) is 15.8. The first kappa shape index (κ1) is 14.4. The van der Waals surface area contributed by atoms with Crippen molar-refractivity contribution in [1.82, 2.24) is 10.2 Å². The molecule has 0 radical (unpaired) electrons. The molecule has 1 N–H and O–H groups in total. The third-order valence-corrected chi connectivity index (χ3v) is 4.96. The van der Waals surface area contributed by atoms with E-state index in [-0.39, 0.29) is 23.6 Å². The Bertz CT molecular complexity index is 731. The Morgan fingerprint density at radius 2 is 1.91 bits per heavy atom. The summed E-state index contributed by atoms with van der Waals surface area (Å²) in [7, 11) is 0. The predicted octanol–water partition coefficient (Wildman–Crippen LogP) is 2.78. The van der Waals surface area contributed by atoms with Gasteiger partial charge >= 0.3 is 0 Å². The highest BCUT2D eigenvalue weighted by molar-refractivity contribution is 5.96. The van der Waals surface area contributed by atoms with Gasteiger partial charge in [0.15, 0.2) is 0 Å². The molecule has 0 aliphatic carbocycles. The third-order valence-electron chi connectivity index (χ3n) is 4.96. The molecule has 4 rings (SSSR count). The van der Waals surface area contributed by atoms with Crippen molar-refractivity contribution in [3.8, 4) is 0 Å². The Morgan fingerprint density at radius 1 is 1.09 bits per heavy atom.